The Hall–Kier alpha value is -0.130. The van der Waals surface area contributed by atoms with Gasteiger partial charge in [0.05, 0.1) is 17.5 Å². The van der Waals surface area contributed by atoms with Gasteiger partial charge in [-0.1, -0.05) is 13.3 Å². The van der Waals surface area contributed by atoms with Crippen molar-refractivity contribution in [3.05, 3.63) is 0 Å². The molecule has 1 aliphatic rings. The Labute approximate surface area is 130 Å². The molecule has 0 heterocycles. The van der Waals surface area contributed by atoms with Crippen LogP contribution in [0.5, 0.6) is 0 Å². The van der Waals surface area contributed by atoms with Crippen molar-refractivity contribution in [2.75, 3.05) is 19.4 Å². The van der Waals surface area contributed by atoms with Gasteiger partial charge in [0.2, 0.25) is 0 Å². The molecule has 0 saturated heterocycles. The fraction of sp³-hybridized carbons (Fsp3) is 1.00. The maximum absolute atomic E-state index is 11.8. The molecule has 0 aromatic carbocycles. The summed E-state index contributed by atoms with van der Waals surface area (Å²) < 4.78 is 29.6. The SMILES string of the molecule is CCCNC(COC(C)(C)C)C1CCCC(S(C)(=O)=O)C1. The highest BCUT2D eigenvalue weighted by atomic mass is 32.2. The van der Waals surface area contributed by atoms with Crippen LogP contribution in [0.4, 0.5) is 0 Å². The van der Waals surface area contributed by atoms with Crippen LogP contribution in [0.1, 0.15) is 59.8 Å². The van der Waals surface area contributed by atoms with Gasteiger partial charge in [-0.2, -0.15) is 0 Å². The van der Waals surface area contributed by atoms with Crippen molar-refractivity contribution in [1.82, 2.24) is 5.32 Å². The second kappa shape index (κ2) is 7.93. The van der Waals surface area contributed by atoms with E-state index in [1.165, 1.54) is 6.26 Å². The monoisotopic (exact) mass is 319 g/mol. The van der Waals surface area contributed by atoms with Crippen LogP contribution in [0, 0.1) is 5.92 Å². The molecule has 3 atom stereocenters. The lowest BCUT2D eigenvalue weighted by Gasteiger charge is -2.35. The summed E-state index contributed by atoms with van der Waals surface area (Å²) >= 11 is 0. The van der Waals surface area contributed by atoms with Crippen LogP contribution in [-0.4, -0.2) is 44.7 Å². The first-order valence-corrected chi connectivity index (χ1v) is 10.1. The van der Waals surface area contributed by atoms with Crippen molar-refractivity contribution in [2.24, 2.45) is 5.92 Å². The third kappa shape index (κ3) is 7.11. The molecular formula is C16H33NO3S. The van der Waals surface area contributed by atoms with E-state index in [-0.39, 0.29) is 16.9 Å². The van der Waals surface area contributed by atoms with E-state index in [0.717, 1.165) is 38.6 Å². The fourth-order valence-corrected chi connectivity index (χ4v) is 4.16. The molecule has 1 fully saturated rings. The zero-order chi connectivity index (χ0) is 16.1. The minimum absolute atomic E-state index is 0.156. The van der Waals surface area contributed by atoms with Gasteiger partial charge in [-0.15, -0.1) is 0 Å². The van der Waals surface area contributed by atoms with Gasteiger partial charge in [-0.05, 0) is 58.9 Å². The summed E-state index contributed by atoms with van der Waals surface area (Å²) in [6.45, 7) is 9.94. The van der Waals surface area contributed by atoms with Gasteiger partial charge in [-0.3, -0.25) is 0 Å². The number of sulfone groups is 1. The van der Waals surface area contributed by atoms with E-state index in [9.17, 15) is 8.42 Å². The van der Waals surface area contributed by atoms with Crippen LogP contribution in [0.2, 0.25) is 0 Å². The van der Waals surface area contributed by atoms with Crippen molar-refractivity contribution in [2.45, 2.75) is 76.7 Å². The molecule has 5 heteroatoms. The minimum Gasteiger partial charge on any atom is -0.374 e. The molecule has 0 aliphatic heterocycles. The average molecular weight is 320 g/mol. The summed E-state index contributed by atoms with van der Waals surface area (Å²) in [5, 5.41) is 3.39. The second-order valence-electron chi connectivity index (χ2n) is 7.36. The van der Waals surface area contributed by atoms with Gasteiger partial charge in [0.25, 0.3) is 0 Å². The third-order valence-corrected chi connectivity index (χ3v) is 5.83. The zero-order valence-electron chi connectivity index (χ0n) is 14.3. The molecule has 0 aromatic rings. The average Bonchev–Trinajstić information content (AvgIpc) is 2.37. The van der Waals surface area contributed by atoms with E-state index >= 15 is 0 Å². The lowest BCUT2D eigenvalue weighted by atomic mass is 9.83. The highest BCUT2D eigenvalue weighted by molar-refractivity contribution is 7.91. The Morgan fingerprint density at radius 3 is 2.48 bits per heavy atom. The smallest absolute Gasteiger partial charge is 0.150 e. The van der Waals surface area contributed by atoms with E-state index < -0.39 is 9.84 Å². The van der Waals surface area contributed by atoms with Crippen LogP contribution >= 0.6 is 0 Å². The van der Waals surface area contributed by atoms with Crippen LogP contribution in [0.15, 0.2) is 0 Å². The zero-order valence-corrected chi connectivity index (χ0v) is 15.1. The Balaban J connectivity index is 2.68. The topological polar surface area (TPSA) is 55.4 Å². The fourth-order valence-electron chi connectivity index (χ4n) is 2.97. The molecule has 0 bridgehead atoms. The summed E-state index contributed by atoms with van der Waals surface area (Å²) in [4.78, 5) is 0. The number of nitrogens with one attached hydrogen (secondary N) is 1. The van der Waals surface area contributed by atoms with E-state index in [1.54, 1.807) is 0 Å². The molecule has 4 nitrogen and oxygen atoms in total. The molecule has 21 heavy (non-hydrogen) atoms. The van der Waals surface area contributed by atoms with Crippen molar-refractivity contribution in [3.63, 3.8) is 0 Å². The Morgan fingerprint density at radius 2 is 1.95 bits per heavy atom. The first kappa shape index (κ1) is 18.9. The molecular weight excluding hydrogens is 286 g/mol. The molecule has 1 aliphatic carbocycles. The van der Waals surface area contributed by atoms with Crippen LogP contribution in [-0.2, 0) is 14.6 Å². The molecule has 1 saturated carbocycles. The van der Waals surface area contributed by atoms with Crippen molar-refractivity contribution < 1.29 is 13.2 Å². The van der Waals surface area contributed by atoms with Crippen LogP contribution in [0.3, 0.4) is 0 Å². The van der Waals surface area contributed by atoms with E-state index in [4.69, 9.17) is 4.74 Å². The number of hydrogen-bond acceptors (Lipinski definition) is 4. The third-order valence-electron chi connectivity index (χ3n) is 4.19. The molecule has 1 N–H and O–H groups in total. The summed E-state index contributed by atoms with van der Waals surface area (Å²) in [7, 11) is -2.92. The van der Waals surface area contributed by atoms with Crippen molar-refractivity contribution in [1.29, 1.82) is 0 Å². The number of ether oxygens (including phenoxy) is 1. The quantitative estimate of drug-likeness (QED) is 0.784. The minimum atomic E-state index is -2.92. The first-order valence-electron chi connectivity index (χ1n) is 8.19. The van der Waals surface area contributed by atoms with Crippen molar-refractivity contribution >= 4 is 9.84 Å². The standard InChI is InChI=1S/C16H33NO3S/c1-6-10-17-15(12-20-16(2,3)4)13-8-7-9-14(11-13)21(5,18)19/h13-15,17H,6-12H2,1-5H3. The largest absolute Gasteiger partial charge is 0.374 e. The number of rotatable bonds is 7. The maximum atomic E-state index is 11.8. The Morgan fingerprint density at radius 1 is 1.29 bits per heavy atom. The van der Waals surface area contributed by atoms with Crippen LogP contribution < -0.4 is 5.32 Å². The van der Waals surface area contributed by atoms with Gasteiger partial charge in [0, 0.05) is 12.3 Å². The Kier molecular flexibility index (Phi) is 7.14. The van der Waals surface area contributed by atoms with Gasteiger partial charge in [-0.25, -0.2) is 8.42 Å². The predicted octanol–water partition coefficient (Wildman–Crippen LogP) is 2.77. The molecule has 3 unspecified atom stereocenters. The van der Waals surface area contributed by atoms with Gasteiger partial charge >= 0.3 is 0 Å². The highest BCUT2D eigenvalue weighted by Crippen LogP contribution is 2.31. The molecule has 126 valence electrons. The molecule has 0 amide bonds. The molecule has 0 radical (unpaired) electrons. The van der Waals surface area contributed by atoms with Crippen molar-refractivity contribution in [3.8, 4) is 0 Å². The number of hydrogen-bond donors (Lipinski definition) is 1. The maximum Gasteiger partial charge on any atom is 0.150 e. The highest BCUT2D eigenvalue weighted by Gasteiger charge is 2.33. The van der Waals surface area contributed by atoms with Gasteiger partial charge in [0.1, 0.15) is 9.84 Å². The lowest BCUT2D eigenvalue weighted by Crippen LogP contribution is -2.45. The first-order chi connectivity index (χ1) is 9.63. The summed E-state index contributed by atoms with van der Waals surface area (Å²) in [6, 6.07) is 0.258. The second-order valence-corrected chi connectivity index (χ2v) is 9.69. The van der Waals surface area contributed by atoms with E-state index in [1.807, 2.05) is 0 Å². The molecule has 1 rings (SSSR count). The summed E-state index contributed by atoms with van der Waals surface area (Å²) in [5.41, 5.74) is -0.156. The lowest BCUT2D eigenvalue weighted by molar-refractivity contribution is -0.0245. The Bertz CT molecular complexity index is 400. The predicted molar refractivity (Wildman–Crippen MR) is 88.4 cm³/mol. The molecule has 0 aromatic heterocycles. The van der Waals surface area contributed by atoms with Gasteiger partial charge < -0.3 is 10.1 Å². The normalized spacial score (nSPS) is 25.8. The van der Waals surface area contributed by atoms with E-state index in [0.29, 0.717) is 12.5 Å². The summed E-state index contributed by atoms with van der Waals surface area (Å²) in [5.74, 6) is 0.396. The van der Waals surface area contributed by atoms with Gasteiger partial charge in [0.15, 0.2) is 0 Å². The van der Waals surface area contributed by atoms with Crippen LogP contribution in [0.25, 0.3) is 0 Å². The summed E-state index contributed by atoms with van der Waals surface area (Å²) in [6.07, 6.45) is 6.14. The molecule has 0 spiro atoms. The van der Waals surface area contributed by atoms with E-state index in [2.05, 4.69) is 33.0 Å².